The average Bonchev–Trinajstić information content (AvgIpc) is 2.34. The smallest absolute Gasteiger partial charge is 0.242 e. The first-order valence-corrected chi connectivity index (χ1v) is 5.69. The molecular weight excluding hydrogens is 208 g/mol. The summed E-state index contributed by atoms with van der Waals surface area (Å²) in [5, 5.41) is 9.33. The highest BCUT2D eigenvalue weighted by atomic mass is 16.5. The zero-order valence-corrected chi connectivity index (χ0v) is 10.3. The second kappa shape index (κ2) is 6.18. The number of hydrogen-bond acceptors (Lipinski definition) is 4. The van der Waals surface area contributed by atoms with Gasteiger partial charge in [-0.2, -0.15) is 0 Å². The fourth-order valence-corrected chi connectivity index (χ4v) is 2.20. The molecule has 0 aromatic heterocycles. The van der Waals surface area contributed by atoms with Gasteiger partial charge >= 0.3 is 0 Å². The van der Waals surface area contributed by atoms with Gasteiger partial charge in [-0.1, -0.05) is 6.92 Å². The number of aliphatic hydroxyl groups excluding tert-OH is 1. The molecule has 1 saturated heterocycles. The molecule has 1 amide bonds. The molecule has 0 aromatic carbocycles. The van der Waals surface area contributed by atoms with E-state index in [0.29, 0.717) is 19.1 Å². The van der Waals surface area contributed by atoms with Crippen molar-refractivity contribution in [2.75, 3.05) is 47.0 Å². The molecule has 1 N–H and O–H groups in total. The second-order valence-corrected chi connectivity index (χ2v) is 4.51. The molecule has 1 aliphatic rings. The number of amides is 1. The zero-order valence-electron chi connectivity index (χ0n) is 10.3. The predicted molar refractivity (Wildman–Crippen MR) is 61.1 cm³/mol. The van der Waals surface area contributed by atoms with Crippen LogP contribution in [-0.2, 0) is 9.53 Å². The highest BCUT2D eigenvalue weighted by Crippen LogP contribution is 2.13. The van der Waals surface area contributed by atoms with Gasteiger partial charge in [0.05, 0.1) is 13.2 Å². The number of ether oxygens (including phenoxy) is 1. The molecule has 0 radical (unpaired) electrons. The van der Waals surface area contributed by atoms with Gasteiger partial charge in [-0.05, 0) is 5.92 Å². The second-order valence-electron chi connectivity index (χ2n) is 4.51. The van der Waals surface area contributed by atoms with E-state index in [1.807, 2.05) is 4.90 Å². The van der Waals surface area contributed by atoms with Gasteiger partial charge in [0.2, 0.25) is 5.91 Å². The van der Waals surface area contributed by atoms with E-state index in [1.165, 1.54) is 0 Å². The van der Waals surface area contributed by atoms with E-state index in [9.17, 15) is 9.90 Å². The van der Waals surface area contributed by atoms with E-state index < -0.39 is 6.04 Å². The van der Waals surface area contributed by atoms with Crippen molar-refractivity contribution < 1.29 is 14.6 Å². The molecule has 1 heterocycles. The minimum Gasteiger partial charge on any atom is -0.394 e. The molecular formula is C11H22N2O3. The van der Waals surface area contributed by atoms with Crippen molar-refractivity contribution in [1.29, 1.82) is 0 Å². The van der Waals surface area contributed by atoms with E-state index >= 15 is 0 Å². The van der Waals surface area contributed by atoms with Crippen LogP contribution >= 0.6 is 0 Å². The van der Waals surface area contributed by atoms with Crippen molar-refractivity contribution in [3.63, 3.8) is 0 Å². The summed E-state index contributed by atoms with van der Waals surface area (Å²) in [6, 6.07) is -0.412. The minimum absolute atomic E-state index is 0.00273. The standard InChI is InChI=1S/C11H22N2O3/c1-9-6-12(2)11(15)10(8-14)13(7-9)4-5-16-3/h9-10,14H,4-8H2,1-3H3. The quantitative estimate of drug-likeness (QED) is 0.701. The lowest BCUT2D eigenvalue weighted by Gasteiger charge is -2.28. The third kappa shape index (κ3) is 3.17. The van der Waals surface area contributed by atoms with Gasteiger partial charge in [0.1, 0.15) is 6.04 Å². The molecule has 2 unspecified atom stereocenters. The third-order valence-corrected chi connectivity index (χ3v) is 2.99. The normalized spacial score (nSPS) is 28.2. The van der Waals surface area contributed by atoms with Gasteiger partial charge < -0.3 is 14.7 Å². The van der Waals surface area contributed by atoms with Crippen LogP contribution in [0.4, 0.5) is 0 Å². The largest absolute Gasteiger partial charge is 0.394 e. The van der Waals surface area contributed by atoms with Gasteiger partial charge in [0.15, 0.2) is 0 Å². The molecule has 0 bridgehead atoms. The maximum atomic E-state index is 12.0. The number of nitrogens with zero attached hydrogens (tertiary/aromatic N) is 2. The first-order chi connectivity index (χ1) is 7.60. The van der Waals surface area contributed by atoms with Gasteiger partial charge in [0.25, 0.3) is 0 Å². The summed E-state index contributed by atoms with van der Waals surface area (Å²) < 4.78 is 5.03. The third-order valence-electron chi connectivity index (χ3n) is 2.99. The van der Waals surface area contributed by atoms with Crippen molar-refractivity contribution in [1.82, 2.24) is 9.80 Å². The van der Waals surface area contributed by atoms with Crippen LogP contribution in [0, 0.1) is 5.92 Å². The van der Waals surface area contributed by atoms with E-state index in [4.69, 9.17) is 4.74 Å². The number of hydrogen-bond donors (Lipinski definition) is 1. The molecule has 0 aliphatic carbocycles. The summed E-state index contributed by atoms with van der Waals surface area (Å²) in [6.07, 6.45) is 0. The Kier molecular flexibility index (Phi) is 5.18. The summed E-state index contributed by atoms with van der Waals surface area (Å²) >= 11 is 0. The number of carbonyl (C=O) groups is 1. The van der Waals surface area contributed by atoms with Crippen molar-refractivity contribution >= 4 is 5.91 Å². The van der Waals surface area contributed by atoms with Crippen LogP contribution in [0.15, 0.2) is 0 Å². The molecule has 0 aromatic rings. The highest BCUT2D eigenvalue weighted by Gasteiger charge is 2.32. The molecule has 16 heavy (non-hydrogen) atoms. The molecule has 2 atom stereocenters. The Morgan fingerprint density at radius 2 is 2.19 bits per heavy atom. The Hall–Kier alpha value is -0.650. The summed E-state index contributed by atoms with van der Waals surface area (Å²) in [7, 11) is 3.43. The van der Waals surface area contributed by atoms with Crippen molar-refractivity contribution in [3.05, 3.63) is 0 Å². The van der Waals surface area contributed by atoms with Crippen LogP contribution in [0.5, 0.6) is 0 Å². The first kappa shape index (κ1) is 13.4. The molecule has 1 aliphatic heterocycles. The average molecular weight is 230 g/mol. The fraction of sp³-hybridized carbons (Fsp3) is 0.909. The Balaban J connectivity index is 2.73. The molecule has 0 spiro atoms. The maximum Gasteiger partial charge on any atom is 0.242 e. The van der Waals surface area contributed by atoms with E-state index in [-0.39, 0.29) is 12.5 Å². The van der Waals surface area contributed by atoms with E-state index in [2.05, 4.69) is 6.92 Å². The van der Waals surface area contributed by atoms with Crippen LogP contribution in [0.1, 0.15) is 6.92 Å². The van der Waals surface area contributed by atoms with Crippen LogP contribution in [0.3, 0.4) is 0 Å². The van der Waals surface area contributed by atoms with Crippen molar-refractivity contribution in [2.45, 2.75) is 13.0 Å². The van der Waals surface area contributed by atoms with Gasteiger partial charge in [-0.25, -0.2) is 0 Å². The summed E-state index contributed by atoms with van der Waals surface area (Å²) in [6.45, 7) is 4.83. The summed E-state index contributed by atoms with van der Waals surface area (Å²) in [4.78, 5) is 15.7. The monoisotopic (exact) mass is 230 g/mol. The number of aliphatic hydroxyl groups is 1. The Bertz CT molecular complexity index is 235. The van der Waals surface area contributed by atoms with Crippen molar-refractivity contribution in [2.24, 2.45) is 5.92 Å². The molecule has 94 valence electrons. The Labute approximate surface area is 97.0 Å². The number of rotatable bonds is 4. The van der Waals surface area contributed by atoms with Gasteiger partial charge in [-0.3, -0.25) is 9.69 Å². The molecule has 1 fully saturated rings. The highest BCUT2D eigenvalue weighted by molar-refractivity contribution is 5.82. The SMILES string of the molecule is COCCN1CC(C)CN(C)C(=O)C1CO. The predicted octanol–water partition coefficient (Wildman–Crippen LogP) is -0.596. The topological polar surface area (TPSA) is 53.0 Å². The molecule has 5 heteroatoms. The zero-order chi connectivity index (χ0) is 12.1. The van der Waals surface area contributed by atoms with E-state index in [0.717, 1.165) is 13.1 Å². The Morgan fingerprint density at radius 3 is 2.75 bits per heavy atom. The number of methoxy groups -OCH3 is 1. The van der Waals surface area contributed by atoms with Crippen LogP contribution in [0.2, 0.25) is 0 Å². The first-order valence-electron chi connectivity index (χ1n) is 5.69. The molecule has 1 rings (SSSR count). The fourth-order valence-electron chi connectivity index (χ4n) is 2.20. The summed E-state index contributed by atoms with van der Waals surface area (Å²) in [5.74, 6) is 0.422. The molecule has 5 nitrogen and oxygen atoms in total. The summed E-state index contributed by atoms with van der Waals surface area (Å²) in [5.41, 5.74) is 0. The lowest BCUT2D eigenvalue weighted by Crippen LogP contribution is -2.48. The molecule has 0 saturated carbocycles. The number of carbonyl (C=O) groups excluding carboxylic acids is 1. The van der Waals surface area contributed by atoms with Gasteiger partial charge in [-0.15, -0.1) is 0 Å². The van der Waals surface area contributed by atoms with Gasteiger partial charge in [0, 0.05) is 33.8 Å². The Morgan fingerprint density at radius 1 is 1.50 bits per heavy atom. The van der Waals surface area contributed by atoms with Crippen LogP contribution in [0.25, 0.3) is 0 Å². The van der Waals surface area contributed by atoms with Crippen LogP contribution < -0.4 is 0 Å². The van der Waals surface area contributed by atoms with E-state index in [1.54, 1.807) is 19.1 Å². The maximum absolute atomic E-state index is 12.0. The lowest BCUT2D eigenvalue weighted by atomic mass is 10.1. The minimum atomic E-state index is -0.412. The van der Waals surface area contributed by atoms with Crippen molar-refractivity contribution in [3.8, 4) is 0 Å². The number of likely N-dealkylation sites (N-methyl/N-ethyl adjacent to an activating group) is 1. The van der Waals surface area contributed by atoms with Crippen LogP contribution in [-0.4, -0.2) is 73.9 Å². The lowest BCUT2D eigenvalue weighted by molar-refractivity contribution is -0.135.